The van der Waals surface area contributed by atoms with Gasteiger partial charge in [0, 0.05) is 19.5 Å². The highest BCUT2D eigenvalue weighted by Gasteiger charge is 2.47. The van der Waals surface area contributed by atoms with Gasteiger partial charge < -0.3 is 37.4 Å². The van der Waals surface area contributed by atoms with E-state index < -0.39 is 41.9 Å². The molecular weight excluding hydrogens is 312 g/mol. The summed E-state index contributed by atoms with van der Waals surface area (Å²) in [6, 6.07) is -1.85. The maximum atomic E-state index is 11.2. The number of carbonyl (C=O) groups excluding carboxylic acids is 2. The molecule has 0 heterocycles. The van der Waals surface area contributed by atoms with Crippen LogP contribution >= 0.6 is 0 Å². The van der Waals surface area contributed by atoms with Crippen molar-refractivity contribution in [2.75, 3.05) is 13.1 Å². The van der Waals surface area contributed by atoms with E-state index in [2.05, 4.69) is 23.8 Å². The van der Waals surface area contributed by atoms with Gasteiger partial charge in [0.1, 0.15) is 0 Å². The van der Waals surface area contributed by atoms with Gasteiger partial charge in [-0.3, -0.25) is 4.79 Å². The summed E-state index contributed by atoms with van der Waals surface area (Å²) in [5, 5.41) is 32.3. The second-order valence-electron chi connectivity index (χ2n) is 4.24. The first-order chi connectivity index (χ1) is 10.6. The molecule has 0 aromatic carbocycles. The number of hydrogen-bond acceptors (Lipinski definition) is 5. The van der Waals surface area contributed by atoms with Crippen LogP contribution in [0, 0.1) is 5.92 Å². The molecule has 0 aliphatic heterocycles. The molecule has 0 aromatic rings. The molecule has 0 spiro atoms. The van der Waals surface area contributed by atoms with Crippen LogP contribution in [-0.4, -0.2) is 58.0 Å². The molecule has 4 amide bonds. The summed E-state index contributed by atoms with van der Waals surface area (Å²) in [7, 11) is 0. The second kappa shape index (κ2) is 10.8. The van der Waals surface area contributed by atoms with Crippen molar-refractivity contribution < 1.29 is 34.5 Å². The van der Waals surface area contributed by atoms with Gasteiger partial charge in [0.15, 0.2) is 5.60 Å². The molecule has 23 heavy (non-hydrogen) atoms. The molecule has 0 radical (unpaired) electrons. The number of rotatable bonds is 9. The maximum absolute atomic E-state index is 11.2. The fourth-order valence-corrected chi connectivity index (χ4v) is 1.71. The maximum Gasteiger partial charge on any atom is 0.336 e. The second-order valence-corrected chi connectivity index (χ2v) is 4.24. The molecule has 11 nitrogen and oxygen atoms in total. The third kappa shape index (κ3) is 8.26. The first kappa shape index (κ1) is 22.5. The largest absolute Gasteiger partial charge is 0.481 e. The number of primary amides is 2. The van der Waals surface area contributed by atoms with Crippen LogP contribution in [0.1, 0.15) is 12.8 Å². The molecule has 9 N–H and O–H groups in total. The highest BCUT2D eigenvalue weighted by Crippen LogP contribution is 2.25. The lowest BCUT2D eigenvalue weighted by atomic mass is 9.82. The van der Waals surface area contributed by atoms with Crippen LogP contribution in [0.2, 0.25) is 0 Å². The van der Waals surface area contributed by atoms with Crippen molar-refractivity contribution in [3.8, 4) is 0 Å². The average molecular weight is 334 g/mol. The number of carbonyl (C=O) groups is 4. The highest BCUT2D eigenvalue weighted by molar-refractivity contribution is 5.85. The van der Waals surface area contributed by atoms with Gasteiger partial charge in [0.05, 0.1) is 5.92 Å². The number of carboxylic acid groups (broad SMARTS) is 2. The standard InChI is InChI=1S/C10H18N4O7.C2H4/c11-8(19)13-3-1-5(6(15)16)10(21,7(17)18)2-4-14-9(12)20;1-2/h5,21H,1-4H2,(H,15,16)(H,17,18)(H3,11,13,19)(H3,12,14,20);1-2H2. The Hall–Kier alpha value is -2.82. The fourth-order valence-electron chi connectivity index (χ4n) is 1.71. The summed E-state index contributed by atoms with van der Waals surface area (Å²) in [5.41, 5.74) is 6.96. The van der Waals surface area contributed by atoms with Gasteiger partial charge in [0.2, 0.25) is 0 Å². The minimum atomic E-state index is -2.63. The zero-order valence-electron chi connectivity index (χ0n) is 12.4. The number of urea groups is 2. The number of carboxylic acids is 2. The third-order valence-electron chi connectivity index (χ3n) is 2.78. The minimum Gasteiger partial charge on any atom is -0.481 e. The van der Waals surface area contributed by atoms with Crippen LogP contribution in [-0.2, 0) is 9.59 Å². The summed E-state index contributed by atoms with van der Waals surface area (Å²) >= 11 is 0. The molecule has 0 bridgehead atoms. The van der Waals surface area contributed by atoms with Crippen molar-refractivity contribution in [3.05, 3.63) is 13.2 Å². The third-order valence-corrected chi connectivity index (χ3v) is 2.78. The highest BCUT2D eigenvalue weighted by atomic mass is 16.4. The summed E-state index contributed by atoms with van der Waals surface area (Å²) in [6.45, 7) is 5.44. The number of nitrogens with one attached hydrogen (secondary N) is 2. The molecular formula is C12H22N4O7. The van der Waals surface area contributed by atoms with Crippen LogP contribution < -0.4 is 22.1 Å². The van der Waals surface area contributed by atoms with E-state index >= 15 is 0 Å². The van der Waals surface area contributed by atoms with Gasteiger partial charge in [-0.25, -0.2) is 14.4 Å². The number of amides is 4. The predicted octanol–water partition coefficient (Wildman–Crippen LogP) is -1.58. The van der Waals surface area contributed by atoms with Crippen molar-refractivity contribution in [1.29, 1.82) is 0 Å². The molecule has 0 rings (SSSR count). The smallest absolute Gasteiger partial charge is 0.336 e. The normalized spacial score (nSPS) is 13.4. The molecule has 132 valence electrons. The van der Waals surface area contributed by atoms with Gasteiger partial charge in [-0.05, 0) is 6.42 Å². The summed E-state index contributed by atoms with van der Waals surface area (Å²) in [5.74, 6) is -5.04. The Morgan fingerprint density at radius 1 is 1.00 bits per heavy atom. The van der Waals surface area contributed by atoms with Crippen molar-refractivity contribution in [1.82, 2.24) is 10.6 Å². The molecule has 0 fully saturated rings. The van der Waals surface area contributed by atoms with Crippen molar-refractivity contribution in [2.24, 2.45) is 17.4 Å². The quantitative estimate of drug-likeness (QED) is 0.246. The van der Waals surface area contributed by atoms with Gasteiger partial charge in [-0.1, -0.05) is 0 Å². The Kier molecular flexibility index (Phi) is 10.6. The van der Waals surface area contributed by atoms with Crippen LogP contribution in [0.5, 0.6) is 0 Å². The molecule has 2 atom stereocenters. The number of hydrogen-bond donors (Lipinski definition) is 7. The van der Waals surface area contributed by atoms with E-state index in [4.69, 9.17) is 21.7 Å². The average Bonchev–Trinajstić information content (AvgIpc) is 2.44. The van der Waals surface area contributed by atoms with E-state index in [-0.39, 0.29) is 19.5 Å². The number of aliphatic carboxylic acids is 2. The fraction of sp³-hybridized carbons (Fsp3) is 0.500. The van der Waals surface area contributed by atoms with Crippen molar-refractivity contribution in [3.63, 3.8) is 0 Å². The van der Waals surface area contributed by atoms with Crippen LogP contribution in [0.3, 0.4) is 0 Å². The lowest BCUT2D eigenvalue weighted by molar-refractivity contribution is -0.175. The van der Waals surface area contributed by atoms with E-state index in [0.717, 1.165) is 0 Å². The zero-order chi connectivity index (χ0) is 18.6. The molecule has 0 aliphatic carbocycles. The molecule has 0 aromatic heterocycles. The first-order valence-corrected chi connectivity index (χ1v) is 6.36. The monoisotopic (exact) mass is 334 g/mol. The summed E-state index contributed by atoms with van der Waals surface area (Å²) < 4.78 is 0. The van der Waals surface area contributed by atoms with Gasteiger partial charge in [-0.2, -0.15) is 0 Å². The van der Waals surface area contributed by atoms with E-state index in [1.165, 1.54) is 0 Å². The lowest BCUT2D eigenvalue weighted by Gasteiger charge is -2.29. The van der Waals surface area contributed by atoms with E-state index in [1.807, 2.05) is 0 Å². The Balaban J connectivity index is 0. The van der Waals surface area contributed by atoms with Gasteiger partial charge in [0.25, 0.3) is 0 Å². The zero-order valence-corrected chi connectivity index (χ0v) is 12.4. The first-order valence-electron chi connectivity index (χ1n) is 6.36. The Morgan fingerprint density at radius 3 is 1.78 bits per heavy atom. The van der Waals surface area contributed by atoms with Crippen molar-refractivity contribution in [2.45, 2.75) is 18.4 Å². The Bertz CT molecular complexity index is 443. The van der Waals surface area contributed by atoms with E-state index in [0.29, 0.717) is 0 Å². The Morgan fingerprint density at radius 2 is 1.43 bits per heavy atom. The minimum absolute atomic E-state index is 0.231. The van der Waals surface area contributed by atoms with Gasteiger partial charge in [-0.15, -0.1) is 13.2 Å². The van der Waals surface area contributed by atoms with Crippen LogP contribution in [0.25, 0.3) is 0 Å². The lowest BCUT2D eigenvalue weighted by Crippen LogP contribution is -2.52. The van der Waals surface area contributed by atoms with E-state index in [1.54, 1.807) is 0 Å². The number of nitrogens with two attached hydrogens (primary N) is 2. The summed E-state index contributed by atoms with van der Waals surface area (Å²) in [6.07, 6.45) is -0.934. The van der Waals surface area contributed by atoms with Crippen LogP contribution in [0.4, 0.5) is 9.59 Å². The number of aliphatic hydroxyl groups is 1. The molecule has 0 saturated heterocycles. The topological polar surface area (TPSA) is 205 Å². The molecule has 0 aliphatic rings. The Labute approximate surface area is 132 Å². The summed E-state index contributed by atoms with van der Waals surface area (Å²) in [4.78, 5) is 43.3. The van der Waals surface area contributed by atoms with Crippen LogP contribution in [0.15, 0.2) is 13.2 Å². The van der Waals surface area contributed by atoms with E-state index in [9.17, 15) is 24.3 Å². The van der Waals surface area contributed by atoms with Crippen molar-refractivity contribution >= 4 is 24.0 Å². The predicted molar refractivity (Wildman–Crippen MR) is 79.4 cm³/mol. The SMILES string of the molecule is C=C.NC(=O)NCCC(C(=O)O)C(O)(CCNC(N)=O)C(=O)O. The molecule has 0 saturated carbocycles. The molecule has 11 heteroatoms. The molecule has 2 unspecified atom stereocenters. The van der Waals surface area contributed by atoms with Gasteiger partial charge >= 0.3 is 24.0 Å².